The van der Waals surface area contributed by atoms with Crippen LogP contribution in [-0.4, -0.2) is 65.9 Å². The molecule has 0 unspecified atom stereocenters. The van der Waals surface area contributed by atoms with Gasteiger partial charge in [-0.1, -0.05) is 0 Å². The Hall–Kier alpha value is -3.14. The summed E-state index contributed by atoms with van der Waals surface area (Å²) in [6.45, 7) is 1.31. The Bertz CT molecular complexity index is 1370. The average Bonchev–Trinajstić information content (AvgIpc) is 3.23. The number of fused-ring (bicyclic) bond motifs is 2. The van der Waals surface area contributed by atoms with E-state index in [2.05, 4.69) is 20.4 Å². The Morgan fingerprint density at radius 2 is 1.97 bits per heavy atom. The summed E-state index contributed by atoms with van der Waals surface area (Å²) in [5, 5.41) is 5.68. The van der Waals surface area contributed by atoms with Crippen molar-refractivity contribution in [3.63, 3.8) is 0 Å². The highest BCUT2D eigenvalue weighted by molar-refractivity contribution is 6.59. The first kappa shape index (κ1) is 20.8. The lowest BCUT2D eigenvalue weighted by atomic mass is 9.40. The summed E-state index contributed by atoms with van der Waals surface area (Å²) in [5.74, 6) is 0.504. The maximum atomic E-state index is 12.5. The molecule has 0 saturated carbocycles. The number of aryl methyl sites for hydroxylation is 1. The molecule has 5 heterocycles. The van der Waals surface area contributed by atoms with E-state index in [-0.39, 0.29) is 11.5 Å². The number of ether oxygens (including phenoxy) is 1. The molecule has 1 N–H and O–H groups in total. The van der Waals surface area contributed by atoms with Crippen LogP contribution in [0.25, 0.3) is 16.7 Å². The van der Waals surface area contributed by atoms with E-state index in [0.717, 1.165) is 18.4 Å². The fraction of sp³-hybridized carbons (Fsp3) is 0.350. The van der Waals surface area contributed by atoms with Gasteiger partial charge in [0.2, 0.25) is 5.95 Å². The second-order valence-corrected chi connectivity index (χ2v) is 8.03. The van der Waals surface area contributed by atoms with Crippen LogP contribution in [0.2, 0.25) is 0 Å². The van der Waals surface area contributed by atoms with E-state index in [1.807, 2.05) is 0 Å². The molecule has 0 aromatic carbocycles. The van der Waals surface area contributed by atoms with Crippen LogP contribution in [0.1, 0.15) is 29.9 Å². The molecule has 4 aromatic rings. The van der Waals surface area contributed by atoms with E-state index in [1.54, 1.807) is 40.7 Å². The van der Waals surface area contributed by atoms with Crippen LogP contribution in [0.15, 0.2) is 35.6 Å². The van der Waals surface area contributed by atoms with Crippen LogP contribution in [-0.2, 0) is 16.9 Å². The van der Waals surface area contributed by atoms with Crippen molar-refractivity contribution >= 4 is 51.9 Å². The number of rotatable bonds is 4. The Morgan fingerprint density at radius 3 is 2.72 bits per heavy atom. The van der Waals surface area contributed by atoms with Gasteiger partial charge in [0.1, 0.15) is 6.33 Å². The third-order valence-electron chi connectivity index (χ3n) is 5.80. The third-order valence-corrected chi connectivity index (χ3v) is 5.80. The Morgan fingerprint density at radius 1 is 1.19 bits per heavy atom. The predicted molar refractivity (Wildman–Crippen MR) is 123 cm³/mol. The molecule has 12 heteroatoms. The lowest BCUT2D eigenvalue weighted by molar-refractivity contribution is 0.0855. The topological polar surface area (TPSA) is 99.2 Å². The molecule has 154 valence electrons. The Balaban J connectivity index is 1.63. The fourth-order valence-electron chi connectivity index (χ4n) is 4.07. The molecule has 0 aliphatic carbocycles. The largest absolute Gasteiger partial charge is 0.381 e. The summed E-state index contributed by atoms with van der Waals surface area (Å²) in [7, 11) is 19.7. The van der Waals surface area contributed by atoms with Crippen LogP contribution in [0, 0.1) is 0 Å². The quantitative estimate of drug-likeness (QED) is 0.483. The molecule has 4 aromatic heterocycles. The van der Waals surface area contributed by atoms with Crippen molar-refractivity contribution in [1.82, 2.24) is 29.1 Å². The number of pyridine rings is 2. The van der Waals surface area contributed by atoms with Crippen molar-refractivity contribution in [1.29, 1.82) is 0 Å². The molecule has 1 saturated heterocycles. The van der Waals surface area contributed by atoms with Gasteiger partial charge in [-0.3, -0.25) is 4.79 Å². The van der Waals surface area contributed by atoms with E-state index in [0.29, 0.717) is 47.1 Å². The standard InChI is InChI=1S/C20H18B3N7O2/c1-29-15-8-24-19(28-18(15)12(6-17(29)31)11-2-4-32-5-3-11)27-14-9-30-16(25-10-26-30)7-13(14)20(21,22)23/h6-11H,2-5H2,1H3,(H,24,27,28). The van der Waals surface area contributed by atoms with Gasteiger partial charge in [-0.15, -0.1) is 5.11 Å². The molecule has 5 rings (SSSR count). The summed E-state index contributed by atoms with van der Waals surface area (Å²) in [5.41, 5.74) is 3.63. The van der Waals surface area contributed by atoms with Crippen LogP contribution in [0.5, 0.6) is 0 Å². The first-order valence-corrected chi connectivity index (χ1v) is 10.2. The zero-order chi connectivity index (χ0) is 22.5. The highest BCUT2D eigenvalue weighted by Gasteiger charge is 2.23. The van der Waals surface area contributed by atoms with Crippen molar-refractivity contribution in [3.05, 3.63) is 52.3 Å². The van der Waals surface area contributed by atoms with Crippen LogP contribution in [0.4, 0.5) is 11.6 Å². The van der Waals surface area contributed by atoms with Gasteiger partial charge in [-0.25, -0.2) is 19.5 Å². The van der Waals surface area contributed by atoms with Crippen molar-refractivity contribution < 1.29 is 4.74 Å². The first-order valence-electron chi connectivity index (χ1n) is 10.2. The monoisotopic (exact) mass is 421 g/mol. The number of hydrogen-bond acceptors (Lipinski definition) is 7. The second-order valence-electron chi connectivity index (χ2n) is 8.03. The molecule has 6 radical (unpaired) electrons. The van der Waals surface area contributed by atoms with E-state index >= 15 is 0 Å². The average molecular weight is 421 g/mol. The minimum Gasteiger partial charge on any atom is -0.381 e. The molecule has 1 aliphatic heterocycles. The van der Waals surface area contributed by atoms with Gasteiger partial charge in [-0.2, -0.15) is 5.10 Å². The zero-order valence-corrected chi connectivity index (χ0v) is 17.5. The fourth-order valence-corrected chi connectivity index (χ4v) is 4.07. The minimum absolute atomic E-state index is 0.0959. The molecular weight excluding hydrogens is 403 g/mol. The highest BCUT2D eigenvalue weighted by Crippen LogP contribution is 2.32. The number of aromatic nitrogens is 6. The van der Waals surface area contributed by atoms with Gasteiger partial charge in [0, 0.05) is 26.3 Å². The summed E-state index contributed by atoms with van der Waals surface area (Å²) >= 11 is 0. The van der Waals surface area contributed by atoms with E-state index in [9.17, 15) is 4.79 Å². The summed E-state index contributed by atoms with van der Waals surface area (Å²) in [4.78, 5) is 25.8. The maximum absolute atomic E-state index is 12.5. The van der Waals surface area contributed by atoms with Gasteiger partial charge in [0.05, 0.1) is 52.7 Å². The van der Waals surface area contributed by atoms with Gasteiger partial charge in [0.15, 0.2) is 5.65 Å². The third kappa shape index (κ3) is 3.68. The predicted octanol–water partition coefficient (Wildman–Crippen LogP) is 0.625. The van der Waals surface area contributed by atoms with Crippen molar-refractivity contribution in [2.24, 2.45) is 7.05 Å². The number of hydrogen-bond donors (Lipinski definition) is 1. The zero-order valence-electron chi connectivity index (χ0n) is 17.5. The minimum atomic E-state index is -1.62. The van der Waals surface area contributed by atoms with Crippen molar-refractivity contribution in [2.45, 2.75) is 23.9 Å². The normalized spacial score (nSPS) is 15.4. The number of anilines is 2. The molecule has 1 aliphatic rings. The van der Waals surface area contributed by atoms with Crippen LogP contribution in [0.3, 0.4) is 0 Å². The molecule has 9 nitrogen and oxygen atoms in total. The summed E-state index contributed by atoms with van der Waals surface area (Å²) < 4.78 is 8.59. The molecule has 0 spiro atoms. The summed E-state index contributed by atoms with van der Waals surface area (Å²) in [6.07, 6.45) is 6.38. The van der Waals surface area contributed by atoms with Crippen LogP contribution < -0.4 is 10.9 Å². The Kier molecular flexibility index (Phi) is 5.04. The van der Waals surface area contributed by atoms with Crippen LogP contribution >= 0.6 is 0 Å². The van der Waals surface area contributed by atoms with Crippen molar-refractivity contribution in [3.8, 4) is 0 Å². The van der Waals surface area contributed by atoms with Gasteiger partial charge < -0.3 is 14.6 Å². The highest BCUT2D eigenvalue weighted by atomic mass is 16.5. The van der Waals surface area contributed by atoms with E-state index < -0.39 is 5.11 Å². The lowest BCUT2D eigenvalue weighted by Gasteiger charge is -2.25. The number of nitrogens with one attached hydrogen (secondary N) is 1. The molecule has 1 fully saturated rings. The van der Waals surface area contributed by atoms with Gasteiger partial charge in [0.25, 0.3) is 5.56 Å². The van der Waals surface area contributed by atoms with Gasteiger partial charge in [-0.05, 0) is 36.0 Å². The second kappa shape index (κ2) is 7.77. The molecule has 0 atom stereocenters. The Labute approximate surface area is 187 Å². The number of nitrogens with zero attached hydrogens (tertiary/aromatic N) is 6. The van der Waals surface area contributed by atoms with Gasteiger partial charge >= 0.3 is 0 Å². The lowest BCUT2D eigenvalue weighted by Crippen LogP contribution is -2.28. The van der Waals surface area contributed by atoms with Crippen molar-refractivity contribution in [2.75, 3.05) is 18.5 Å². The molecular formula is C20H18B3N7O2. The van der Waals surface area contributed by atoms with E-state index in [1.165, 1.54) is 6.33 Å². The molecule has 0 amide bonds. The SMILES string of the molecule is [B]C([B])([B])c1cc2ncnn2cc1Nc1ncc2c(n1)c(C1CCOCC1)cc(=O)n2C. The van der Waals surface area contributed by atoms with E-state index in [4.69, 9.17) is 33.3 Å². The summed E-state index contributed by atoms with van der Waals surface area (Å²) in [6, 6.07) is 3.32. The maximum Gasteiger partial charge on any atom is 0.251 e. The molecule has 32 heavy (non-hydrogen) atoms. The molecule has 0 bridgehead atoms. The smallest absolute Gasteiger partial charge is 0.251 e. The first-order chi connectivity index (χ1) is 15.3.